The van der Waals surface area contributed by atoms with Crippen LogP contribution in [0.3, 0.4) is 0 Å². The van der Waals surface area contributed by atoms with Crippen molar-refractivity contribution in [3.05, 3.63) is 35.9 Å². The summed E-state index contributed by atoms with van der Waals surface area (Å²) in [5, 5.41) is 0. The summed E-state index contributed by atoms with van der Waals surface area (Å²) in [7, 11) is 1.75. The molecule has 0 aliphatic carbocycles. The van der Waals surface area contributed by atoms with E-state index in [2.05, 4.69) is 19.1 Å². The molecule has 1 aromatic carbocycles. The first-order chi connectivity index (χ1) is 5.38. The molecular formula is C10H14O. The molecule has 1 atom stereocenters. The van der Waals surface area contributed by atoms with E-state index in [-0.39, 0.29) is 6.10 Å². The molecule has 0 fully saturated rings. The summed E-state index contributed by atoms with van der Waals surface area (Å²) < 4.78 is 5.29. The standard InChI is InChI=1S/C10H14O/c1-3-10(11-2)9-7-5-4-6-8-9/h4-8,10H,3H2,1-2H3/t10-/m1/s1. The van der Waals surface area contributed by atoms with E-state index in [9.17, 15) is 0 Å². The number of hydrogen-bond acceptors (Lipinski definition) is 1. The van der Waals surface area contributed by atoms with Crippen molar-refractivity contribution < 1.29 is 4.74 Å². The van der Waals surface area contributed by atoms with Crippen LogP contribution in [-0.2, 0) is 4.74 Å². The lowest BCUT2D eigenvalue weighted by Crippen LogP contribution is -1.98. The number of rotatable bonds is 3. The van der Waals surface area contributed by atoms with Gasteiger partial charge in [0.1, 0.15) is 0 Å². The van der Waals surface area contributed by atoms with Crippen molar-refractivity contribution in [1.82, 2.24) is 0 Å². The molecule has 0 heterocycles. The second-order valence-corrected chi connectivity index (χ2v) is 2.54. The lowest BCUT2D eigenvalue weighted by molar-refractivity contribution is 0.100. The highest BCUT2D eigenvalue weighted by Gasteiger charge is 2.04. The fourth-order valence-corrected chi connectivity index (χ4v) is 1.21. The molecule has 0 saturated heterocycles. The number of hydrogen-bond donors (Lipinski definition) is 0. The molecule has 0 bridgehead atoms. The Morgan fingerprint density at radius 1 is 1.27 bits per heavy atom. The van der Waals surface area contributed by atoms with Gasteiger partial charge in [0.2, 0.25) is 0 Å². The third kappa shape index (κ3) is 2.05. The van der Waals surface area contributed by atoms with Crippen molar-refractivity contribution in [3.63, 3.8) is 0 Å². The predicted octanol–water partition coefficient (Wildman–Crippen LogP) is 2.78. The highest BCUT2D eigenvalue weighted by Crippen LogP contribution is 2.18. The Labute approximate surface area is 68.0 Å². The molecule has 1 aromatic rings. The molecule has 0 N–H and O–H groups in total. The second-order valence-electron chi connectivity index (χ2n) is 2.54. The summed E-state index contributed by atoms with van der Waals surface area (Å²) in [5.74, 6) is 0. The van der Waals surface area contributed by atoms with Crippen LogP contribution in [0.5, 0.6) is 0 Å². The number of methoxy groups -OCH3 is 1. The van der Waals surface area contributed by atoms with Gasteiger partial charge in [-0.1, -0.05) is 37.3 Å². The first-order valence-electron chi connectivity index (χ1n) is 3.96. The van der Waals surface area contributed by atoms with Crippen LogP contribution in [0, 0.1) is 0 Å². The maximum Gasteiger partial charge on any atom is 0.0818 e. The minimum Gasteiger partial charge on any atom is -0.377 e. The zero-order chi connectivity index (χ0) is 8.10. The highest BCUT2D eigenvalue weighted by atomic mass is 16.5. The van der Waals surface area contributed by atoms with Gasteiger partial charge in [0, 0.05) is 7.11 Å². The molecule has 1 heteroatoms. The van der Waals surface area contributed by atoms with Crippen molar-refractivity contribution in [1.29, 1.82) is 0 Å². The van der Waals surface area contributed by atoms with E-state index in [0.29, 0.717) is 0 Å². The van der Waals surface area contributed by atoms with Crippen molar-refractivity contribution >= 4 is 0 Å². The molecule has 60 valence electrons. The van der Waals surface area contributed by atoms with Crippen LogP contribution in [0.25, 0.3) is 0 Å². The minimum atomic E-state index is 0.260. The van der Waals surface area contributed by atoms with E-state index in [0.717, 1.165) is 6.42 Å². The molecule has 1 rings (SSSR count). The van der Waals surface area contributed by atoms with Gasteiger partial charge in [0.25, 0.3) is 0 Å². The lowest BCUT2D eigenvalue weighted by atomic mass is 10.1. The Morgan fingerprint density at radius 3 is 2.36 bits per heavy atom. The van der Waals surface area contributed by atoms with Crippen molar-refractivity contribution in [2.75, 3.05) is 7.11 Å². The Morgan fingerprint density at radius 2 is 1.91 bits per heavy atom. The maximum absolute atomic E-state index is 5.29. The molecule has 0 aliphatic heterocycles. The van der Waals surface area contributed by atoms with Gasteiger partial charge in [-0.15, -0.1) is 0 Å². The minimum absolute atomic E-state index is 0.260. The normalized spacial score (nSPS) is 12.9. The van der Waals surface area contributed by atoms with Crippen LogP contribution in [-0.4, -0.2) is 7.11 Å². The summed E-state index contributed by atoms with van der Waals surface area (Å²) in [6, 6.07) is 10.3. The van der Waals surface area contributed by atoms with E-state index in [1.165, 1.54) is 5.56 Å². The van der Waals surface area contributed by atoms with E-state index in [1.807, 2.05) is 18.2 Å². The molecule has 11 heavy (non-hydrogen) atoms. The van der Waals surface area contributed by atoms with E-state index in [4.69, 9.17) is 4.74 Å². The van der Waals surface area contributed by atoms with Crippen molar-refractivity contribution in [2.24, 2.45) is 0 Å². The van der Waals surface area contributed by atoms with Crippen molar-refractivity contribution in [2.45, 2.75) is 19.4 Å². The molecular weight excluding hydrogens is 136 g/mol. The third-order valence-corrected chi connectivity index (χ3v) is 1.83. The maximum atomic E-state index is 5.29. The van der Waals surface area contributed by atoms with Gasteiger partial charge < -0.3 is 4.74 Å². The Kier molecular flexibility index (Phi) is 3.12. The summed E-state index contributed by atoms with van der Waals surface area (Å²) in [5.41, 5.74) is 1.26. The largest absolute Gasteiger partial charge is 0.377 e. The van der Waals surface area contributed by atoms with Gasteiger partial charge in [0.05, 0.1) is 6.10 Å². The SMILES string of the molecule is CC[C@@H](OC)c1ccccc1. The first kappa shape index (κ1) is 8.28. The van der Waals surface area contributed by atoms with Crippen LogP contribution in [0.1, 0.15) is 25.0 Å². The predicted molar refractivity (Wildman–Crippen MR) is 46.5 cm³/mol. The first-order valence-corrected chi connectivity index (χ1v) is 3.96. The summed E-state index contributed by atoms with van der Waals surface area (Å²) >= 11 is 0. The Hall–Kier alpha value is -0.820. The van der Waals surface area contributed by atoms with Gasteiger partial charge in [-0.3, -0.25) is 0 Å². The fraction of sp³-hybridized carbons (Fsp3) is 0.400. The third-order valence-electron chi connectivity index (χ3n) is 1.83. The van der Waals surface area contributed by atoms with Crippen LogP contribution in [0.2, 0.25) is 0 Å². The van der Waals surface area contributed by atoms with Gasteiger partial charge in [-0.05, 0) is 12.0 Å². The fourth-order valence-electron chi connectivity index (χ4n) is 1.21. The van der Waals surface area contributed by atoms with Crippen LogP contribution in [0.4, 0.5) is 0 Å². The zero-order valence-corrected chi connectivity index (χ0v) is 7.08. The van der Waals surface area contributed by atoms with Gasteiger partial charge in [-0.2, -0.15) is 0 Å². The van der Waals surface area contributed by atoms with Crippen LogP contribution in [0.15, 0.2) is 30.3 Å². The number of benzene rings is 1. The highest BCUT2D eigenvalue weighted by molar-refractivity contribution is 5.17. The monoisotopic (exact) mass is 150 g/mol. The smallest absolute Gasteiger partial charge is 0.0818 e. The molecule has 0 spiro atoms. The molecule has 0 unspecified atom stereocenters. The summed E-state index contributed by atoms with van der Waals surface area (Å²) in [6.07, 6.45) is 1.29. The van der Waals surface area contributed by atoms with Gasteiger partial charge in [-0.25, -0.2) is 0 Å². The molecule has 0 aliphatic rings. The van der Waals surface area contributed by atoms with Crippen molar-refractivity contribution in [3.8, 4) is 0 Å². The van der Waals surface area contributed by atoms with Crippen LogP contribution < -0.4 is 0 Å². The van der Waals surface area contributed by atoms with Gasteiger partial charge in [0.15, 0.2) is 0 Å². The summed E-state index contributed by atoms with van der Waals surface area (Å²) in [4.78, 5) is 0. The quantitative estimate of drug-likeness (QED) is 0.643. The average molecular weight is 150 g/mol. The molecule has 1 nitrogen and oxygen atoms in total. The lowest BCUT2D eigenvalue weighted by Gasteiger charge is -2.12. The topological polar surface area (TPSA) is 9.23 Å². The van der Waals surface area contributed by atoms with Crippen LogP contribution >= 0.6 is 0 Å². The molecule has 0 saturated carbocycles. The summed E-state index contributed by atoms with van der Waals surface area (Å²) in [6.45, 7) is 2.13. The molecule has 0 aromatic heterocycles. The van der Waals surface area contributed by atoms with E-state index < -0.39 is 0 Å². The number of ether oxygens (including phenoxy) is 1. The Balaban J connectivity index is 2.74. The average Bonchev–Trinajstić information content (AvgIpc) is 2.09. The molecule has 0 amide bonds. The Bertz CT molecular complexity index is 189. The second kappa shape index (κ2) is 4.14. The zero-order valence-electron chi connectivity index (χ0n) is 7.08. The molecule has 0 radical (unpaired) electrons. The van der Waals surface area contributed by atoms with E-state index in [1.54, 1.807) is 7.11 Å². The van der Waals surface area contributed by atoms with E-state index >= 15 is 0 Å². The van der Waals surface area contributed by atoms with Gasteiger partial charge >= 0.3 is 0 Å².